The first-order valence-corrected chi connectivity index (χ1v) is 9.95. The Morgan fingerprint density at radius 2 is 2.13 bits per heavy atom. The summed E-state index contributed by atoms with van der Waals surface area (Å²) < 4.78 is 1.57. The molecule has 4 heterocycles. The molecule has 0 saturated carbocycles. The number of hydrogen-bond donors (Lipinski definition) is 2. The van der Waals surface area contributed by atoms with Crippen molar-refractivity contribution < 1.29 is 4.79 Å². The SMILES string of the molecule is Cn1cc(C(=O)Nc2cc(-c3nnc(Nc4ccc5c(c4)C=NC5)s3)ccn2)cn1. The second-order valence-electron chi connectivity index (χ2n) is 6.71. The number of nitrogens with one attached hydrogen (secondary N) is 2. The molecule has 1 aliphatic rings. The first-order valence-electron chi connectivity index (χ1n) is 9.14. The molecule has 0 atom stereocenters. The lowest BCUT2D eigenvalue weighted by atomic mass is 10.1. The van der Waals surface area contributed by atoms with E-state index < -0.39 is 0 Å². The average Bonchev–Trinajstić information content (AvgIpc) is 3.49. The molecule has 10 heteroatoms. The van der Waals surface area contributed by atoms with Crippen LogP contribution in [0, 0.1) is 0 Å². The predicted molar refractivity (Wildman–Crippen MR) is 115 cm³/mol. The zero-order valence-corrected chi connectivity index (χ0v) is 16.7. The lowest BCUT2D eigenvalue weighted by molar-refractivity contribution is 0.102. The van der Waals surface area contributed by atoms with Crippen LogP contribution in [0.1, 0.15) is 21.5 Å². The Balaban J connectivity index is 1.32. The maximum absolute atomic E-state index is 12.3. The van der Waals surface area contributed by atoms with E-state index in [1.165, 1.54) is 23.1 Å². The van der Waals surface area contributed by atoms with E-state index in [0.717, 1.165) is 28.4 Å². The van der Waals surface area contributed by atoms with Crippen molar-refractivity contribution in [3.8, 4) is 10.6 Å². The third kappa shape index (κ3) is 3.67. The van der Waals surface area contributed by atoms with Gasteiger partial charge in [0.15, 0.2) is 0 Å². The Morgan fingerprint density at radius 3 is 3.00 bits per heavy atom. The molecule has 0 bridgehead atoms. The van der Waals surface area contributed by atoms with Crippen molar-refractivity contribution in [2.45, 2.75) is 6.54 Å². The van der Waals surface area contributed by atoms with Gasteiger partial charge < -0.3 is 10.6 Å². The smallest absolute Gasteiger partial charge is 0.260 e. The lowest BCUT2D eigenvalue weighted by Gasteiger charge is -2.04. The van der Waals surface area contributed by atoms with Gasteiger partial charge in [0.05, 0.1) is 18.3 Å². The topological polar surface area (TPSA) is 110 Å². The minimum atomic E-state index is -0.271. The van der Waals surface area contributed by atoms with Gasteiger partial charge in [0.2, 0.25) is 5.13 Å². The third-order valence-electron chi connectivity index (χ3n) is 4.53. The Labute approximate surface area is 175 Å². The van der Waals surface area contributed by atoms with E-state index in [9.17, 15) is 4.79 Å². The number of rotatable bonds is 5. The number of carbonyl (C=O) groups excluding carboxylic acids is 1. The number of nitrogens with zero attached hydrogens (tertiary/aromatic N) is 6. The van der Waals surface area contributed by atoms with Crippen molar-refractivity contribution in [1.29, 1.82) is 0 Å². The number of amides is 1. The van der Waals surface area contributed by atoms with Crippen molar-refractivity contribution in [3.63, 3.8) is 0 Å². The minimum absolute atomic E-state index is 0.271. The van der Waals surface area contributed by atoms with Crippen LogP contribution >= 0.6 is 11.3 Å². The van der Waals surface area contributed by atoms with E-state index in [-0.39, 0.29) is 5.91 Å². The number of aryl methyl sites for hydroxylation is 1. The second-order valence-corrected chi connectivity index (χ2v) is 7.68. The molecule has 0 saturated heterocycles. The van der Waals surface area contributed by atoms with Crippen LogP contribution in [-0.4, -0.2) is 37.1 Å². The Morgan fingerprint density at radius 1 is 1.20 bits per heavy atom. The molecule has 1 amide bonds. The van der Waals surface area contributed by atoms with Crippen LogP contribution in [-0.2, 0) is 13.6 Å². The van der Waals surface area contributed by atoms with Crippen LogP contribution in [0.5, 0.6) is 0 Å². The third-order valence-corrected chi connectivity index (χ3v) is 5.42. The zero-order valence-electron chi connectivity index (χ0n) is 15.9. The number of aromatic nitrogens is 5. The first kappa shape index (κ1) is 18.1. The van der Waals surface area contributed by atoms with E-state index in [2.05, 4.69) is 42.0 Å². The molecule has 0 radical (unpaired) electrons. The summed E-state index contributed by atoms with van der Waals surface area (Å²) in [5, 5.41) is 20.0. The van der Waals surface area contributed by atoms with Crippen LogP contribution < -0.4 is 10.6 Å². The molecule has 0 fully saturated rings. The Bertz CT molecular complexity index is 1280. The summed E-state index contributed by atoms with van der Waals surface area (Å²) in [5.41, 5.74) is 4.55. The molecular formula is C20H16N8OS. The van der Waals surface area contributed by atoms with E-state index in [4.69, 9.17) is 0 Å². The highest BCUT2D eigenvalue weighted by Crippen LogP contribution is 2.30. The van der Waals surface area contributed by atoms with Crippen LogP contribution in [0.4, 0.5) is 16.6 Å². The maximum Gasteiger partial charge on any atom is 0.260 e. The highest BCUT2D eigenvalue weighted by atomic mass is 32.1. The quantitative estimate of drug-likeness (QED) is 0.517. The molecule has 1 aromatic carbocycles. The second kappa shape index (κ2) is 7.48. The maximum atomic E-state index is 12.3. The number of hydrogen-bond acceptors (Lipinski definition) is 8. The number of aliphatic imine (C=N–C) groups is 1. The van der Waals surface area contributed by atoms with Gasteiger partial charge >= 0.3 is 0 Å². The molecule has 0 unspecified atom stereocenters. The van der Waals surface area contributed by atoms with Gasteiger partial charge in [-0.2, -0.15) is 5.10 Å². The van der Waals surface area contributed by atoms with Gasteiger partial charge in [-0.05, 0) is 35.4 Å². The fourth-order valence-electron chi connectivity index (χ4n) is 3.05. The van der Waals surface area contributed by atoms with Gasteiger partial charge in [-0.15, -0.1) is 10.2 Å². The van der Waals surface area contributed by atoms with Gasteiger partial charge in [-0.1, -0.05) is 17.4 Å². The molecule has 30 heavy (non-hydrogen) atoms. The fraction of sp³-hybridized carbons (Fsp3) is 0.100. The van der Waals surface area contributed by atoms with Crippen LogP contribution in [0.15, 0.2) is 53.9 Å². The van der Waals surface area contributed by atoms with Crippen molar-refractivity contribution >= 4 is 40.1 Å². The van der Waals surface area contributed by atoms with E-state index in [0.29, 0.717) is 16.5 Å². The van der Waals surface area contributed by atoms with E-state index in [1.807, 2.05) is 24.4 Å². The number of carbonyl (C=O) groups is 1. The van der Waals surface area contributed by atoms with E-state index in [1.54, 1.807) is 30.2 Å². The Kier molecular flexibility index (Phi) is 4.52. The number of fused-ring (bicyclic) bond motifs is 1. The molecule has 4 aromatic rings. The Hall–Kier alpha value is -3.92. The van der Waals surface area contributed by atoms with Gasteiger partial charge in [-0.3, -0.25) is 14.5 Å². The van der Waals surface area contributed by atoms with Crippen molar-refractivity contribution in [1.82, 2.24) is 25.0 Å². The molecule has 3 aromatic heterocycles. The first-order chi connectivity index (χ1) is 14.6. The molecule has 9 nitrogen and oxygen atoms in total. The summed E-state index contributed by atoms with van der Waals surface area (Å²) in [6.07, 6.45) is 6.66. The fourth-order valence-corrected chi connectivity index (χ4v) is 3.81. The molecule has 2 N–H and O–H groups in total. The van der Waals surface area contributed by atoms with Gasteiger partial charge in [0, 0.05) is 36.9 Å². The minimum Gasteiger partial charge on any atom is -0.330 e. The van der Waals surface area contributed by atoms with Gasteiger partial charge in [-0.25, -0.2) is 4.98 Å². The standard InChI is InChI=1S/C20H16N8OS/c1-28-11-15(10-23-28)18(29)25-17-7-12(4-5-22-17)19-26-27-20(30-19)24-16-3-2-13-8-21-9-14(13)6-16/h2-7,9-11H,8H2,1H3,(H,24,27)(H,22,25,29). The molecular weight excluding hydrogens is 400 g/mol. The molecule has 148 valence electrons. The largest absolute Gasteiger partial charge is 0.330 e. The number of pyridine rings is 1. The van der Waals surface area contributed by atoms with Crippen molar-refractivity contribution in [3.05, 3.63) is 65.6 Å². The van der Waals surface area contributed by atoms with Crippen LogP contribution in [0.3, 0.4) is 0 Å². The summed E-state index contributed by atoms with van der Waals surface area (Å²) in [6, 6.07) is 9.71. The van der Waals surface area contributed by atoms with Crippen LogP contribution in [0.2, 0.25) is 0 Å². The summed E-state index contributed by atoms with van der Waals surface area (Å²) in [4.78, 5) is 20.8. The molecule has 0 aliphatic carbocycles. The zero-order chi connectivity index (χ0) is 20.5. The molecule has 5 rings (SSSR count). The number of anilines is 3. The normalized spacial score (nSPS) is 12.0. The van der Waals surface area contributed by atoms with Gasteiger partial charge in [0.1, 0.15) is 10.8 Å². The summed E-state index contributed by atoms with van der Waals surface area (Å²) in [7, 11) is 1.76. The summed E-state index contributed by atoms with van der Waals surface area (Å²) in [6.45, 7) is 0.736. The lowest BCUT2D eigenvalue weighted by Crippen LogP contribution is -2.12. The monoisotopic (exact) mass is 416 g/mol. The summed E-state index contributed by atoms with van der Waals surface area (Å²) in [5.74, 6) is 0.163. The molecule has 1 aliphatic heterocycles. The van der Waals surface area contributed by atoms with Crippen LogP contribution in [0.25, 0.3) is 10.6 Å². The van der Waals surface area contributed by atoms with Gasteiger partial charge in [0.25, 0.3) is 5.91 Å². The van der Waals surface area contributed by atoms with Crippen molar-refractivity contribution in [2.75, 3.05) is 10.6 Å². The predicted octanol–water partition coefficient (Wildman–Crippen LogP) is 3.26. The number of benzene rings is 1. The highest BCUT2D eigenvalue weighted by molar-refractivity contribution is 7.18. The highest BCUT2D eigenvalue weighted by Gasteiger charge is 2.13. The van der Waals surface area contributed by atoms with Crippen molar-refractivity contribution in [2.24, 2.45) is 12.0 Å². The average molecular weight is 416 g/mol. The molecule has 0 spiro atoms. The summed E-state index contributed by atoms with van der Waals surface area (Å²) >= 11 is 1.42. The van der Waals surface area contributed by atoms with E-state index >= 15 is 0 Å².